The lowest BCUT2D eigenvalue weighted by Gasteiger charge is -2.32. The summed E-state index contributed by atoms with van der Waals surface area (Å²) in [6, 6.07) is 1.81. The van der Waals surface area contributed by atoms with E-state index in [1.165, 1.54) is 11.3 Å². The number of carbonyl (C=O) groups is 3. The maximum absolute atomic E-state index is 12.3. The molecule has 1 aliphatic carbocycles. The Morgan fingerprint density at radius 2 is 1.70 bits per heavy atom. The minimum Gasteiger partial charge on any atom is -0.550 e. The number of hydrogen-bond acceptors (Lipinski definition) is 5. The summed E-state index contributed by atoms with van der Waals surface area (Å²) in [7, 11) is 0. The van der Waals surface area contributed by atoms with E-state index in [1.54, 1.807) is 12.3 Å². The molecule has 0 radical (unpaired) electrons. The van der Waals surface area contributed by atoms with Gasteiger partial charge in [0, 0.05) is 11.9 Å². The highest BCUT2D eigenvalue weighted by atomic mass is 32.1. The average molecular weight is 335 g/mol. The van der Waals surface area contributed by atoms with Crippen molar-refractivity contribution >= 4 is 29.1 Å². The van der Waals surface area contributed by atoms with Crippen molar-refractivity contribution in [1.82, 2.24) is 10.9 Å². The maximum Gasteiger partial charge on any atom is 0.280 e. The lowest BCUT2D eigenvalue weighted by molar-refractivity contribution is -0.313. The molecule has 2 N–H and O–H groups in total. The van der Waals surface area contributed by atoms with Gasteiger partial charge >= 0.3 is 0 Å². The van der Waals surface area contributed by atoms with Crippen molar-refractivity contribution in [1.29, 1.82) is 0 Å². The Bertz CT molecular complexity index is 677. The van der Waals surface area contributed by atoms with Gasteiger partial charge in [-0.1, -0.05) is 11.1 Å². The van der Waals surface area contributed by atoms with Gasteiger partial charge in [-0.15, -0.1) is 11.3 Å². The van der Waals surface area contributed by atoms with Crippen molar-refractivity contribution < 1.29 is 19.5 Å². The molecule has 1 aromatic heterocycles. The lowest BCUT2D eigenvalue weighted by Crippen LogP contribution is -2.49. The van der Waals surface area contributed by atoms with Crippen LogP contribution in [0.25, 0.3) is 0 Å². The lowest BCUT2D eigenvalue weighted by atomic mass is 9.76. The first-order valence-electron chi connectivity index (χ1n) is 7.31. The minimum atomic E-state index is -1.24. The topological polar surface area (TPSA) is 98.3 Å². The quantitative estimate of drug-likeness (QED) is 0.634. The Labute approximate surface area is 138 Å². The highest BCUT2D eigenvalue weighted by Gasteiger charge is 2.33. The predicted octanol–water partition coefficient (Wildman–Crippen LogP) is 0.930. The van der Waals surface area contributed by atoms with E-state index in [2.05, 4.69) is 10.9 Å². The van der Waals surface area contributed by atoms with Gasteiger partial charge in [-0.2, -0.15) is 0 Å². The van der Waals surface area contributed by atoms with Crippen LogP contribution in [0, 0.1) is 18.8 Å². The number of nitrogens with one attached hydrogen (secondary N) is 2. The van der Waals surface area contributed by atoms with E-state index in [9.17, 15) is 19.5 Å². The fraction of sp³-hybridized carbons (Fsp3) is 0.438. The van der Waals surface area contributed by atoms with Crippen LogP contribution < -0.4 is 16.0 Å². The van der Waals surface area contributed by atoms with E-state index in [0.29, 0.717) is 17.7 Å². The van der Waals surface area contributed by atoms with Crippen LogP contribution in [0.4, 0.5) is 0 Å². The molecule has 2 amide bonds. The zero-order valence-electron chi connectivity index (χ0n) is 13.3. The van der Waals surface area contributed by atoms with Crippen LogP contribution in [0.5, 0.6) is 0 Å². The number of aliphatic carboxylic acids is 1. The summed E-state index contributed by atoms with van der Waals surface area (Å²) >= 11 is 1.28. The third-order valence-electron chi connectivity index (χ3n) is 4.27. The molecule has 6 nitrogen and oxygen atoms in total. The molecule has 0 spiro atoms. The minimum absolute atomic E-state index is 0.296. The van der Waals surface area contributed by atoms with Gasteiger partial charge in [0.05, 0.1) is 10.8 Å². The normalized spacial score (nSPS) is 21.0. The summed E-state index contributed by atoms with van der Waals surface area (Å²) in [6.07, 6.45) is 0.647. The number of amides is 2. The highest BCUT2D eigenvalue weighted by molar-refractivity contribution is 7.12. The van der Waals surface area contributed by atoms with Gasteiger partial charge in [0.15, 0.2) is 0 Å². The molecule has 0 aromatic carbocycles. The number of aryl methyl sites for hydroxylation is 1. The molecule has 0 aliphatic heterocycles. The van der Waals surface area contributed by atoms with E-state index in [4.69, 9.17) is 0 Å². The van der Waals surface area contributed by atoms with E-state index < -0.39 is 29.6 Å². The first kappa shape index (κ1) is 17.2. The number of carboxylic acids is 1. The monoisotopic (exact) mass is 335 g/mol. The molecule has 1 aromatic rings. The molecular formula is C16H19N2O4S-. The largest absolute Gasteiger partial charge is 0.550 e. The van der Waals surface area contributed by atoms with E-state index in [0.717, 1.165) is 16.7 Å². The predicted molar refractivity (Wildman–Crippen MR) is 84.3 cm³/mol. The van der Waals surface area contributed by atoms with Crippen molar-refractivity contribution in [3.8, 4) is 0 Å². The molecule has 7 heteroatoms. The Balaban J connectivity index is 2.03. The summed E-state index contributed by atoms with van der Waals surface area (Å²) < 4.78 is 0. The molecule has 0 unspecified atom stereocenters. The molecule has 2 atom stereocenters. The summed E-state index contributed by atoms with van der Waals surface area (Å²) in [5.74, 6) is -3.77. The Morgan fingerprint density at radius 1 is 1.09 bits per heavy atom. The molecule has 0 fully saturated rings. The molecular weight excluding hydrogens is 316 g/mol. The second-order valence-electron chi connectivity index (χ2n) is 5.88. The number of hydrazine groups is 1. The van der Waals surface area contributed by atoms with Gasteiger partial charge in [-0.05, 0) is 50.6 Å². The van der Waals surface area contributed by atoms with E-state index in [1.807, 2.05) is 19.9 Å². The second-order valence-corrected chi connectivity index (χ2v) is 6.79. The number of allylic oxidation sites excluding steroid dienone is 2. The Morgan fingerprint density at radius 3 is 2.22 bits per heavy atom. The molecule has 2 rings (SSSR count). The highest BCUT2D eigenvalue weighted by Crippen LogP contribution is 2.33. The van der Waals surface area contributed by atoms with Crippen LogP contribution in [0.15, 0.2) is 22.6 Å². The molecule has 1 aliphatic rings. The van der Waals surface area contributed by atoms with Crippen LogP contribution in [0.3, 0.4) is 0 Å². The van der Waals surface area contributed by atoms with Crippen LogP contribution in [-0.2, 0) is 9.59 Å². The van der Waals surface area contributed by atoms with Gasteiger partial charge < -0.3 is 9.90 Å². The van der Waals surface area contributed by atoms with Gasteiger partial charge in [0.2, 0.25) is 5.91 Å². The van der Waals surface area contributed by atoms with Crippen LogP contribution in [0.1, 0.15) is 41.9 Å². The third-order valence-corrected chi connectivity index (χ3v) is 5.29. The molecule has 0 saturated carbocycles. The number of rotatable bonds is 3. The SMILES string of the molecule is CC1=C(C)C[C@@H](C(=O)[O-])[C@@H](C(=O)NNC(=O)c2sccc2C)C1. The molecule has 1 heterocycles. The van der Waals surface area contributed by atoms with E-state index in [-0.39, 0.29) is 0 Å². The van der Waals surface area contributed by atoms with Crippen molar-refractivity contribution in [3.63, 3.8) is 0 Å². The van der Waals surface area contributed by atoms with Crippen molar-refractivity contribution in [2.45, 2.75) is 33.6 Å². The summed E-state index contributed by atoms with van der Waals surface area (Å²) in [5.41, 5.74) is 7.49. The third kappa shape index (κ3) is 3.79. The Kier molecular flexibility index (Phi) is 5.20. The van der Waals surface area contributed by atoms with Gasteiger partial charge in [-0.3, -0.25) is 20.4 Å². The smallest absolute Gasteiger partial charge is 0.280 e. The zero-order valence-corrected chi connectivity index (χ0v) is 14.1. The maximum atomic E-state index is 12.3. The molecule has 0 bridgehead atoms. The fourth-order valence-electron chi connectivity index (χ4n) is 2.69. The van der Waals surface area contributed by atoms with E-state index >= 15 is 0 Å². The summed E-state index contributed by atoms with van der Waals surface area (Å²) in [5, 5.41) is 13.1. The number of carboxylic acid groups (broad SMARTS) is 1. The van der Waals surface area contributed by atoms with Crippen LogP contribution in [-0.4, -0.2) is 17.8 Å². The molecule has 0 saturated heterocycles. The average Bonchev–Trinajstić information content (AvgIpc) is 2.92. The number of hydrogen-bond donors (Lipinski definition) is 2. The van der Waals surface area contributed by atoms with Gasteiger partial charge in [0.1, 0.15) is 0 Å². The zero-order chi connectivity index (χ0) is 17.1. The van der Waals surface area contributed by atoms with Crippen molar-refractivity contribution in [3.05, 3.63) is 33.0 Å². The first-order chi connectivity index (χ1) is 10.8. The van der Waals surface area contributed by atoms with Crippen LogP contribution >= 0.6 is 11.3 Å². The second kappa shape index (κ2) is 6.95. The number of thiophene rings is 1. The summed E-state index contributed by atoms with van der Waals surface area (Å²) in [6.45, 7) is 5.55. The molecule has 23 heavy (non-hydrogen) atoms. The van der Waals surface area contributed by atoms with Gasteiger partial charge in [-0.25, -0.2) is 0 Å². The molecule has 124 valence electrons. The first-order valence-corrected chi connectivity index (χ1v) is 8.19. The fourth-order valence-corrected chi connectivity index (χ4v) is 3.51. The van der Waals surface area contributed by atoms with Crippen LogP contribution in [0.2, 0.25) is 0 Å². The summed E-state index contributed by atoms with van der Waals surface area (Å²) in [4.78, 5) is 36.1. The number of carbonyl (C=O) groups excluding carboxylic acids is 3. The van der Waals surface area contributed by atoms with Gasteiger partial charge in [0.25, 0.3) is 5.91 Å². The van der Waals surface area contributed by atoms with Crippen molar-refractivity contribution in [2.24, 2.45) is 11.8 Å². The Hall–Kier alpha value is -2.15. The van der Waals surface area contributed by atoms with Crippen molar-refractivity contribution in [2.75, 3.05) is 0 Å². The standard InChI is InChI=1S/C16H20N2O4S/c1-8-4-5-23-13(8)15(20)18-17-14(19)11-6-9(2)10(3)7-12(11)16(21)22/h4-5,11-12H,6-7H2,1-3H3,(H,17,19)(H,18,20)(H,21,22)/p-1/t11-,12+/m0/s1.